The van der Waals surface area contributed by atoms with Gasteiger partial charge in [0.25, 0.3) is 5.91 Å². The van der Waals surface area contributed by atoms with Gasteiger partial charge in [0.1, 0.15) is 0 Å². The lowest BCUT2D eigenvalue weighted by Gasteiger charge is -2.17. The molecule has 2 rings (SSSR count). The van der Waals surface area contributed by atoms with E-state index < -0.39 is 11.7 Å². The van der Waals surface area contributed by atoms with Crippen molar-refractivity contribution in [1.82, 2.24) is 10.2 Å². The Bertz CT molecular complexity index is 470. The van der Waals surface area contributed by atoms with Gasteiger partial charge in [-0.3, -0.25) is 4.79 Å². The zero-order valence-corrected chi connectivity index (χ0v) is 11.2. The Balaban J connectivity index is 2.03. The van der Waals surface area contributed by atoms with E-state index in [0.29, 0.717) is 24.6 Å². The highest BCUT2D eigenvalue weighted by atomic mass is 19.4. The number of alkyl halides is 3. The van der Waals surface area contributed by atoms with Crippen molar-refractivity contribution in [2.45, 2.75) is 12.6 Å². The molecule has 0 aromatic heterocycles. The molecule has 20 heavy (non-hydrogen) atoms. The van der Waals surface area contributed by atoms with Gasteiger partial charge in [0, 0.05) is 18.7 Å². The van der Waals surface area contributed by atoms with E-state index in [9.17, 15) is 18.0 Å². The van der Waals surface area contributed by atoms with Crippen LogP contribution in [0.25, 0.3) is 0 Å². The van der Waals surface area contributed by atoms with E-state index in [1.165, 1.54) is 12.1 Å². The minimum absolute atomic E-state index is 0.197. The molecular formula is C14H17F3N2O. The third kappa shape index (κ3) is 3.30. The molecular weight excluding hydrogens is 269 g/mol. The smallest absolute Gasteiger partial charge is 0.338 e. The molecule has 1 aromatic carbocycles. The van der Waals surface area contributed by atoms with E-state index in [1.54, 1.807) is 4.90 Å². The molecule has 3 nitrogen and oxygen atoms in total. The van der Waals surface area contributed by atoms with Crippen LogP contribution < -0.4 is 5.32 Å². The van der Waals surface area contributed by atoms with Crippen molar-refractivity contribution >= 4 is 5.91 Å². The first-order chi connectivity index (χ1) is 9.41. The van der Waals surface area contributed by atoms with Gasteiger partial charge in [-0.05, 0) is 50.2 Å². The second-order valence-corrected chi connectivity index (χ2v) is 5.04. The Hall–Kier alpha value is -1.56. The second kappa shape index (κ2) is 5.83. The number of hydrogen-bond acceptors (Lipinski definition) is 2. The molecule has 1 heterocycles. The van der Waals surface area contributed by atoms with Gasteiger partial charge in [0.15, 0.2) is 0 Å². The first-order valence-corrected chi connectivity index (χ1v) is 6.53. The van der Waals surface area contributed by atoms with E-state index in [0.717, 1.165) is 25.1 Å². The van der Waals surface area contributed by atoms with Gasteiger partial charge in [-0.1, -0.05) is 0 Å². The largest absolute Gasteiger partial charge is 0.416 e. The summed E-state index contributed by atoms with van der Waals surface area (Å²) in [5, 5.41) is 3.07. The number of rotatable bonds is 3. The van der Waals surface area contributed by atoms with Crippen LogP contribution in [0.1, 0.15) is 22.3 Å². The lowest BCUT2D eigenvalue weighted by molar-refractivity contribution is -0.137. The van der Waals surface area contributed by atoms with Crippen LogP contribution in [0.15, 0.2) is 24.3 Å². The summed E-state index contributed by atoms with van der Waals surface area (Å²) in [5.74, 6) is 0.218. The predicted octanol–water partition coefficient (Wildman–Crippen LogP) is 2.39. The van der Waals surface area contributed by atoms with Gasteiger partial charge in [-0.15, -0.1) is 0 Å². The van der Waals surface area contributed by atoms with Crippen LogP contribution in [0.5, 0.6) is 0 Å². The molecule has 1 aliphatic rings. The molecule has 0 saturated carbocycles. The minimum atomic E-state index is -4.37. The van der Waals surface area contributed by atoms with Crippen molar-refractivity contribution < 1.29 is 18.0 Å². The number of hydrogen-bond donors (Lipinski definition) is 1. The maximum atomic E-state index is 12.5. The predicted molar refractivity (Wildman–Crippen MR) is 69.4 cm³/mol. The summed E-state index contributed by atoms with van der Waals surface area (Å²) in [7, 11) is 1.86. The van der Waals surface area contributed by atoms with Crippen molar-refractivity contribution in [3.05, 3.63) is 35.4 Å². The summed E-state index contributed by atoms with van der Waals surface area (Å²) in [6.07, 6.45) is -3.44. The molecule has 1 unspecified atom stereocenters. The zero-order chi connectivity index (χ0) is 14.8. The monoisotopic (exact) mass is 286 g/mol. The summed E-state index contributed by atoms with van der Waals surface area (Å²) >= 11 is 0. The lowest BCUT2D eigenvalue weighted by atomic mass is 10.1. The summed E-state index contributed by atoms with van der Waals surface area (Å²) in [6.45, 7) is 2.16. The van der Waals surface area contributed by atoms with Crippen LogP contribution in [0.2, 0.25) is 0 Å². The highest BCUT2D eigenvalue weighted by Crippen LogP contribution is 2.29. The van der Waals surface area contributed by atoms with Crippen LogP contribution in [-0.4, -0.2) is 37.5 Å². The van der Waals surface area contributed by atoms with Gasteiger partial charge in [0.2, 0.25) is 0 Å². The summed E-state index contributed by atoms with van der Waals surface area (Å²) in [5.41, 5.74) is -0.424. The molecule has 1 N–H and O–H groups in total. The molecule has 1 aliphatic heterocycles. The van der Waals surface area contributed by atoms with Crippen molar-refractivity contribution in [2.75, 3.05) is 26.7 Å². The molecule has 1 amide bonds. The molecule has 0 spiro atoms. The Morgan fingerprint density at radius 2 is 2.00 bits per heavy atom. The van der Waals surface area contributed by atoms with Gasteiger partial charge in [0.05, 0.1) is 5.56 Å². The van der Waals surface area contributed by atoms with E-state index in [4.69, 9.17) is 0 Å². The lowest BCUT2D eigenvalue weighted by Crippen LogP contribution is -2.30. The van der Waals surface area contributed by atoms with Crippen LogP contribution in [0.4, 0.5) is 13.2 Å². The molecule has 1 fully saturated rings. The SMILES string of the molecule is CNCC1CCN(C(=O)c2ccc(C(F)(F)F)cc2)C1. The van der Waals surface area contributed by atoms with Crippen molar-refractivity contribution in [3.63, 3.8) is 0 Å². The van der Waals surface area contributed by atoms with E-state index in [2.05, 4.69) is 5.32 Å². The Morgan fingerprint density at radius 3 is 2.55 bits per heavy atom. The van der Waals surface area contributed by atoms with Crippen LogP contribution in [0, 0.1) is 5.92 Å². The molecule has 1 aromatic rings. The summed E-state index contributed by atoms with van der Waals surface area (Å²) < 4.78 is 37.4. The van der Waals surface area contributed by atoms with E-state index >= 15 is 0 Å². The zero-order valence-electron chi connectivity index (χ0n) is 11.2. The maximum absolute atomic E-state index is 12.5. The first kappa shape index (κ1) is 14.8. The van der Waals surface area contributed by atoms with Gasteiger partial charge in [-0.2, -0.15) is 13.2 Å². The van der Waals surface area contributed by atoms with Crippen molar-refractivity contribution in [2.24, 2.45) is 5.92 Å². The second-order valence-electron chi connectivity index (χ2n) is 5.04. The van der Waals surface area contributed by atoms with E-state index in [-0.39, 0.29) is 5.91 Å². The number of likely N-dealkylation sites (tertiary alicyclic amines) is 1. The maximum Gasteiger partial charge on any atom is 0.416 e. The normalized spacial score (nSPS) is 19.4. The van der Waals surface area contributed by atoms with Crippen LogP contribution in [0.3, 0.4) is 0 Å². The number of nitrogens with zero attached hydrogens (tertiary/aromatic N) is 1. The average molecular weight is 286 g/mol. The summed E-state index contributed by atoms with van der Waals surface area (Å²) in [6, 6.07) is 4.40. The topological polar surface area (TPSA) is 32.3 Å². The number of benzene rings is 1. The quantitative estimate of drug-likeness (QED) is 0.925. The Morgan fingerprint density at radius 1 is 1.35 bits per heavy atom. The number of nitrogens with one attached hydrogen (secondary N) is 1. The van der Waals surface area contributed by atoms with Crippen molar-refractivity contribution in [1.29, 1.82) is 0 Å². The molecule has 1 saturated heterocycles. The highest BCUT2D eigenvalue weighted by molar-refractivity contribution is 5.94. The molecule has 0 bridgehead atoms. The summed E-state index contributed by atoms with van der Waals surface area (Å²) in [4.78, 5) is 13.9. The van der Waals surface area contributed by atoms with Crippen LogP contribution >= 0.6 is 0 Å². The fraction of sp³-hybridized carbons (Fsp3) is 0.500. The first-order valence-electron chi connectivity index (χ1n) is 6.53. The molecule has 0 aliphatic carbocycles. The number of amides is 1. The van der Waals surface area contributed by atoms with Gasteiger partial charge in [-0.25, -0.2) is 0 Å². The third-order valence-corrected chi connectivity index (χ3v) is 3.53. The Kier molecular flexibility index (Phi) is 4.32. The fourth-order valence-corrected chi connectivity index (χ4v) is 2.46. The van der Waals surface area contributed by atoms with E-state index in [1.807, 2.05) is 7.05 Å². The fourth-order valence-electron chi connectivity index (χ4n) is 2.46. The third-order valence-electron chi connectivity index (χ3n) is 3.53. The number of carbonyl (C=O) groups excluding carboxylic acids is 1. The van der Waals surface area contributed by atoms with Crippen molar-refractivity contribution in [3.8, 4) is 0 Å². The highest BCUT2D eigenvalue weighted by Gasteiger charge is 2.31. The standard InChI is InChI=1S/C14H17F3N2O/c1-18-8-10-6-7-19(9-10)13(20)11-2-4-12(5-3-11)14(15,16)17/h2-5,10,18H,6-9H2,1H3. The number of halogens is 3. The number of carbonyl (C=O) groups is 1. The minimum Gasteiger partial charge on any atom is -0.338 e. The molecule has 0 radical (unpaired) electrons. The Labute approximate surface area is 115 Å². The molecule has 1 atom stereocenters. The average Bonchev–Trinajstić information content (AvgIpc) is 2.86. The van der Waals surface area contributed by atoms with Crippen LogP contribution in [-0.2, 0) is 6.18 Å². The molecule has 6 heteroatoms. The molecule has 110 valence electrons. The van der Waals surface area contributed by atoms with Gasteiger partial charge >= 0.3 is 6.18 Å². The van der Waals surface area contributed by atoms with Gasteiger partial charge < -0.3 is 10.2 Å².